The van der Waals surface area contributed by atoms with Crippen LogP contribution in [0.25, 0.3) is 0 Å². The Hall–Kier alpha value is -1.14. The molecule has 1 fully saturated rings. The molecule has 0 saturated heterocycles. The van der Waals surface area contributed by atoms with Crippen LogP contribution in [0.1, 0.15) is 37.1 Å². The third-order valence-corrected chi connectivity index (χ3v) is 5.19. The van der Waals surface area contributed by atoms with Gasteiger partial charge in [-0.1, -0.05) is 18.2 Å². The molecule has 2 unspecified atom stereocenters. The van der Waals surface area contributed by atoms with Crippen molar-refractivity contribution in [2.75, 3.05) is 12.8 Å². The molecule has 2 N–H and O–H groups in total. The molecule has 0 bridgehead atoms. The Morgan fingerprint density at radius 2 is 2.14 bits per heavy atom. The van der Waals surface area contributed by atoms with Crippen molar-refractivity contribution in [3.63, 3.8) is 0 Å². The number of carboxylic acids is 1. The maximum Gasteiger partial charge on any atom is 0.324 e. The van der Waals surface area contributed by atoms with Crippen LogP contribution in [-0.2, 0) is 4.79 Å². The zero-order valence-corrected chi connectivity index (χ0v) is 13.7. The Balaban J connectivity index is 1.95. The molecular weight excluding hydrogens is 286 g/mol. The maximum absolute atomic E-state index is 11.6. The normalized spacial score (nSPS) is 25.2. The van der Waals surface area contributed by atoms with Gasteiger partial charge >= 0.3 is 5.97 Å². The molecule has 0 radical (unpaired) electrons. The third-order valence-electron chi connectivity index (χ3n) is 4.31. The van der Waals surface area contributed by atoms with E-state index in [2.05, 4.69) is 15.3 Å². The van der Waals surface area contributed by atoms with Crippen molar-refractivity contribution in [3.05, 3.63) is 17.5 Å². The minimum absolute atomic E-state index is 0.179. The molecule has 2 atom stereocenters. The first-order valence-corrected chi connectivity index (χ1v) is 8.34. The van der Waals surface area contributed by atoms with Gasteiger partial charge in [0.2, 0.25) is 0 Å². The number of carboxylic acid groups (broad SMARTS) is 1. The van der Waals surface area contributed by atoms with E-state index in [0.29, 0.717) is 6.42 Å². The summed E-state index contributed by atoms with van der Waals surface area (Å²) in [7, 11) is 1.76. The Morgan fingerprint density at radius 1 is 1.48 bits per heavy atom. The minimum atomic E-state index is -0.746. The quantitative estimate of drug-likeness (QED) is 0.621. The highest BCUT2D eigenvalue weighted by molar-refractivity contribution is 7.99. The number of nitrogens with zero attached hydrogens (tertiary/aromatic N) is 2. The number of aliphatic carboxylic acids is 1. The van der Waals surface area contributed by atoms with E-state index in [0.717, 1.165) is 41.6 Å². The fraction of sp³-hybridized carbons (Fsp3) is 0.667. The predicted molar refractivity (Wildman–Crippen MR) is 83.6 cm³/mol. The van der Waals surface area contributed by atoms with Crippen molar-refractivity contribution in [1.82, 2.24) is 15.3 Å². The lowest BCUT2D eigenvalue weighted by Crippen LogP contribution is -2.53. The van der Waals surface area contributed by atoms with Crippen molar-refractivity contribution in [3.8, 4) is 0 Å². The first kappa shape index (κ1) is 16.2. The van der Waals surface area contributed by atoms with E-state index in [9.17, 15) is 9.90 Å². The Kier molecular flexibility index (Phi) is 5.22. The van der Waals surface area contributed by atoms with Gasteiger partial charge in [-0.05, 0) is 52.1 Å². The maximum atomic E-state index is 11.6. The molecule has 116 valence electrons. The average Bonchev–Trinajstić information content (AvgIpc) is 2.82. The predicted octanol–water partition coefficient (Wildman–Crippen LogP) is 2.42. The van der Waals surface area contributed by atoms with E-state index in [1.54, 1.807) is 18.8 Å². The van der Waals surface area contributed by atoms with E-state index in [4.69, 9.17) is 0 Å². The molecule has 0 aliphatic heterocycles. The molecule has 6 heteroatoms. The molecule has 1 aliphatic rings. The summed E-state index contributed by atoms with van der Waals surface area (Å²) < 4.78 is 0. The largest absolute Gasteiger partial charge is 0.480 e. The zero-order valence-electron chi connectivity index (χ0n) is 12.8. The van der Waals surface area contributed by atoms with E-state index >= 15 is 0 Å². The molecule has 1 aromatic heterocycles. The van der Waals surface area contributed by atoms with Gasteiger partial charge in [-0.2, -0.15) is 0 Å². The second-order valence-electron chi connectivity index (χ2n) is 5.69. The smallest absolute Gasteiger partial charge is 0.324 e. The molecule has 1 aromatic rings. The summed E-state index contributed by atoms with van der Waals surface area (Å²) in [6.07, 6.45) is 3.53. The fourth-order valence-corrected chi connectivity index (χ4v) is 4.24. The number of thioether (sulfide) groups is 1. The molecule has 5 nitrogen and oxygen atoms in total. The second-order valence-corrected chi connectivity index (χ2v) is 6.75. The standard InChI is InChI=1S/C15H23N3O2S/c1-10-9-11(2)18-14(17-10)21-8-6-12-5-4-7-15(12,16-3)13(19)20/h9,12,16H,4-8H2,1-3H3,(H,19,20). The highest BCUT2D eigenvalue weighted by Gasteiger charge is 2.47. The van der Waals surface area contributed by atoms with Crippen LogP contribution < -0.4 is 5.32 Å². The van der Waals surface area contributed by atoms with Gasteiger partial charge in [0, 0.05) is 17.1 Å². The molecule has 0 aromatic carbocycles. The minimum Gasteiger partial charge on any atom is -0.480 e. The Labute approximate surface area is 130 Å². The van der Waals surface area contributed by atoms with Gasteiger partial charge in [-0.15, -0.1) is 0 Å². The van der Waals surface area contributed by atoms with Gasteiger partial charge in [0.1, 0.15) is 5.54 Å². The molecule has 1 saturated carbocycles. The average molecular weight is 309 g/mol. The number of hydrogen-bond acceptors (Lipinski definition) is 5. The highest BCUT2D eigenvalue weighted by atomic mass is 32.2. The summed E-state index contributed by atoms with van der Waals surface area (Å²) >= 11 is 1.62. The molecule has 2 rings (SSSR count). The third kappa shape index (κ3) is 3.55. The van der Waals surface area contributed by atoms with Crippen LogP contribution in [0.2, 0.25) is 0 Å². The zero-order chi connectivity index (χ0) is 15.5. The summed E-state index contributed by atoms with van der Waals surface area (Å²) in [5, 5.41) is 13.4. The van der Waals surface area contributed by atoms with E-state index in [1.165, 1.54) is 0 Å². The van der Waals surface area contributed by atoms with Gasteiger partial charge in [0.15, 0.2) is 5.16 Å². The summed E-state index contributed by atoms with van der Waals surface area (Å²) in [4.78, 5) is 20.4. The van der Waals surface area contributed by atoms with Gasteiger partial charge < -0.3 is 10.4 Å². The Morgan fingerprint density at radius 3 is 2.71 bits per heavy atom. The number of rotatable bonds is 6. The van der Waals surface area contributed by atoms with Crippen LogP contribution in [0.15, 0.2) is 11.2 Å². The molecule has 1 heterocycles. The molecule has 21 heavy (non-hydrogen) atoms. The first-order valence-electron chi connectivity index (χ1n) is 7.35. The second kappa shape index (κ2) is 6.75. The number of likely N-dealkylation sites (N-methyl/N-ethyl adjacent to an activating group) is 1. The first-order chi connectivity index (χ1) is 9.98. The lowest BCUT2D eigenvalue weighted by atomic mass is 9.85. The monoisotopic (exact) mass is 309 g/mol. The van der Waals surface area contributed by atoms with Gasteiger partial charge in [-0.3, -0.25) is 4.79 Å². The highest BCUT2D eigenvalue weighted by Crippen LogP contribution is 2.39. The Bertz CT molecular complexity index is 503. The van der Waals surface area contributed by atoms with E-state index in [-0.39, 0.29) is 5.92 Å². The summed E-state index contributed by atoms with van der Waals surface area (Å²) in [5.41, 5.74) is 1.20. The lowest BCUT2D eigenvalue weighted by Gasteiger charge is -2.30. The topological polar surface area (TPSA) is 75.1 Å². The summed E-state index contributed by atoms with van der Waals surface area (Å²) in [5.74, 6) is 0.308. The van der Waals surface area contributed by atoms with Crippen molar-refractivity contribution >= 4 is 17.7 Å². The summed E-state index contributed by atoms with van der Waals surface area (Å²) in [6.45, 7) is 3.93. The van der Waals surface area contributed by atoms with Crippen LogP contribution in [-0.4, -0.2) is 39.4 Å². The number of aryl methyl sites for hydroxylation is 2. The van der Waals surface area contributed by atoms with Gasteiger partial charge in [0.25, 0.3) is 0 Å². The van der Waals surface area contributed by atoms with Crippen LogP contribution >= 0.6 is 11.8 Å². The summed E-state index contributed by atoms with van der Waals surface area (Å²) in [6, 6.07) is 1.96. The van der Waals surface area contributed by atoms with Crippen molar-refractivity contribution in [1.29, 1.82) is 0 Å². The van der Waals surface area contributed by atoms with Gasteiger partial charge in [-0.25, -0.2) is 9.97 Å². The van der Waals surface area contributed by atoms with Gasteiger partial charge in [0.05, 0.1) is 0 Å². The molecule has 0 amide bonds. The number of carbonyl (C=O) groups is 1. The SMILES string of the molecule is CNC1(C(=O)O)CCCC1CCSc1nc(C)cc(C)n1. The van der Waals surface area contributed by atoms with E-state index < -0.39 is 11.5 Å². The van der Waals surface area contributed by atoms with Crippen molar-refractivity contribution < 1.29 is 9.90 Å². The fourth-order valence-electron chi connectivity index (χ4n) is 3.24. The molecule has 1 aliphatic carbocycles. The van der Waals surface area contributed by atoms with Crippen LogP contribution in [0, 0.1) is 19.8 Å². The number of nitrogens with one attached hydrogen (secondary N) is 1. The van der Waals surface area contributed by atoms with Crippen LogP contribution in [0.5, 0.6) is 0 Å². The molecular formula is C15H23N3O2S. The van der Waals surface area contributed by atoms with E-state index in [1.807, 2.05) is 19.9 Å². The lowest BCUT2D eigenvalue weighted by molar-refractivity contribution is -0.146. The van der Waals surface area contributed by atoms with Crippen molar-refractivity contribution in [2.24, 2.45) is 5.92 Å². The van der Waals surface area contributed by atoms with Crippen molar-refractivity contribution in [2.45, 2.75) is 50.2 Å². The number of aromatic nitrogens is 2. The molecule has 0 spiro atoms. The van der Waals surface area contributed by atoms with Crippen LogP contribution in [0.4, 0.5) is 0 Å². The number of hydrogen-bond donors (Lipinski definition) is 2. The van der Waals surface area contributed by atoms with Crippen LogP contribution in [0.3, 0.4) is 0 Å².